The van der Waals surface area contributed by atoms with Crippen molar-refractivity contribution < 1.29 is 13.9 Å². The highest BCUT2D eigenvalue weighted by Crippen LogP contribution is 2.12. The number of aromatic nitrogens is 2. The number of rotatable bonds is 5. The molecule has 0 fully saturated rings. The van der Waals surface area contributed by atoms with Crippen molar-refractivity contribution in [2.75, 3.05) is 13.7 Å². The third kappa shape index (κ3) is 3.56. The summed E-state index contributed by atoms with van der Waals surface area (Å²) in [4.78, 5) is 29.1. The molecule has 0 radical (unpaired) electrons. The summed E-state index contributed by atoms with van der Waals surface area (Å²) in [5.41, 5.74) is 0.584. The number of benzene rings is 2. The lowest BCUT2D eigenvalue weighted by atomic mass is 10.2. The van der Waals surface area contributed by atoms with Crippen LogP contribution in [-0.4, -0.2) is 29.1 Å². The van der Waals surface area contributed by atoms with E-state index >= 15 is 0 Å². The molecule has 1 amide bonds. The number of nitrogens with zero attached hydrogens (tertiary/aromatic N) is 2. The predicted octanol–water partition coefficient (Wildman–Crippen LogP) is 2.28. The Labute approximate surface area is 149 Å². The number of carbonyl (C=O) groups excluding carboxylic acids is 1. The lowest BCUT2D eigenvalue weighted by molar-refractivity contribution is 0.0951. The Hall–Kier alpha value is -3.22. The highest BCUT2D eigenvalue weighted by molar-refractivity contribution is 5.94. The second-order valence-electron chi connectivity index (χ2n) is 5.77. The second kappa shape index (κ2) is 7.35. The van der Waals surface area contributed by atoms with Gasteiger partial charge in [0.15, 0.2) is 0 Å². The molecule has 134 valence electrons. The van der Waals surface area contributed by atoms with E-state index in [0.717, 1.165) is 0 Å². The van der Waals surface area contributed by atoms with E-state index in [1.54, 1.807) is 31.2 Å². The Kier molecular flexibility index (Phi) is 4.97. The van der Waals surface area contributed by atoms with Gasteiger partial charge in [0.2, 0.25) is 0 Å². The zero-order valence-corrected chi connectivity index (χ0v) is 14.5. The van der Waals surface area contributed by atoms with Gasteiger partial charge in [-0.2, -0.15) is 0 Å². The van der Waals surface area contributed by atoms with Crippen molar-refractivity contribution in [2.24, 2.45) is 0 Å². The van der Waals surface area contributed by atoms with Gasteiger partial charge in [-0.25, -0.2) is 9.37 Å². The normalized spacial score (nSPS) is 10.7. The maximum Gasteiger partial charge on any atom is 0.261 e. The molecule has 1 aromatic heterocycles. The molecule has 0 atom stereocenters. The van der Waals surface area contributed by atoms with Crippen molar-refractivity contribution in [3.05, 3.63) is 70.0 Å². The molecule has 7 heteroatoms. The van der Waals surface area contributed by atoms with Crippen molar-refractivity contribution in [2.45, 2.75) is 13.5 Å². The molecule has 6 nitrogen and oxygen atoms in total. The average molecular weight is 355 g/mol. The standard InChI is InChI=1S/C19H18FN3O3/c1-12-22-17-7-6-14(20)11-16(17)19(25)23(12)9-8-21-18(24)13-4-3-5-15(10-13)26-2/h3-7,10-11H,8-9H2,1-2H3,(H,21,24). The molecular weight excluding hydrogens is 337 g/mol. The van der Waals surface area contributed by atoms with E-state index in [1.807, 2.05) is 0 Å². The van der Waals surface area contributed by atoms with Crippen molar-refractivity contribution in [3.63, 3.8) is 0 Å². The van der Waals surface area contributed by atoms with Crippen LogP contribution in [0, 0.1) is 12.7 Å². The number of nitrogens with one attached hydrogen (secondary N) is 1. The monoisotopic (exact) mass is 355 g/mol. The minimum absolute atomic E-state index is 0.217. The highest BCUT2D eigenvalue weighted by Gasteiger charge is 2.10. The molecule has 0 bridgehead atoms. The topological polar surface area (TPSA) is 73.2 Å². The molecule has 2 aromatic carbocycles. The van der Waals surface area contributed by atoms with Crippen LogP contribution >= 0.6 is 0 Å². The number of ether oxygens (including phenoxy) is 1. The van der Waals surface area contributed by atoms with Gasteiger partial charge in [0.25, 0.3) is 11.5 Å². The van der Waals surface area contributed by atoms with Crippen molar-refractivity contribution in [3.8, 4) is 5.75 Å². The van der Waals surface area contributed by atoms with Crippen LogP contribution in [0.1, 0.15) is 16.2 Å². The van der Waals surface area contributed by atoms with Gasteiger partial charge in [0.1, 0.15) is 17.4 Å². The fourth-order valence-electron chi connectivity index (χ4n) is 2.72. The quantitative estimate of drug-likeness (QED) is 0.762. The first kappa shape index (κ1) is 17.6. The van der Waals surface area contributed by atoms with E-state index in [4.69, 9.17) is 4.74 Å². The summed E-state index contributed by atoms with van der Waals surface area (Å²) in [6, 6.07) is 10.7. The van der Waals surface area contributed by atoms with E-state index in [2.05, 4.69) is 10.3 Å². The van der Waals surface area contributed by atoms with Crippen LogP contribution in [0.15, 0.2) is 47.3 Å². The average Bonchev–Trinajstić information content (AvgIpc) is 2.65. The molecular formula is C19H18FN3O3. The van der Waals surface area contributed by atoms with Crippen LogP contribution in [-0.2, 0) is 6.54 Å². The predicted molar refractivity (Wildman–Crippen MR) is 96.0 cm³/mol. The number of hydrogen-bond acceptors (Lipinski definition) is 4. The molecule has 0 aliphatic heterocycles. The van der Waals surface area contributed by atoms with Crippen molar-refractivity contribution in [1.29, 1.82) is 0 Å². The number of aryl methyl sites for hydroxylation is 1. The first-order valence-electron chi connectivity index (χ1n) is 8.08. The Morgan fingerprint density at radius 2 is 2.08 bits per heavy atom. The molecule has 26 heavy (non-hydrogen) atoms. The molecule has 0 saturated heterocycles. The Morgan fingerprint density at radius 1 is 1.27 bits per heavy atom. The van der Waals surface area contributed by atoms with Gasteiger partial charge < -0.3 is 10.1 Å². The van der Waals surface area contributed by atoms with Gasteiger partial charge in [-0.15, -0.1) is 0 Å². The van der Waals surface area contributed by atoms with Gasteiger partial charge in [-0.05, 0) is 43.3 Å². The molecule has 0 saturated carbocycles. The number of hydrogen-bond donors (Lipinski definition) is 1. The summed E-state index contributed by atoms with van der Waals surface area (Å²) < 4.78 is 19.9. The van der Waals surface area contributed by atoms with Crippen LogP contribution in [0.4, 0.5) is 4.39 Å². The molecule has 3 aromatic rings. The summed E-state index contributed by atoms with van der Waals surface area (Å²) >= 11 is 0. The molecule has 0 aliphatic carbocycles. The van der Waals surface area contributed by atoms with E-state index < -0.39 is 5.82 Å². The summed E-state index contributed by atoms with van der Waals surface area (Å²) in [6.45, 7) is 2.17. The zero-order chi connectivity index (χ0) is 18.7. The minimum atomic E-state index is -0.488. The molecule has 3 rings (SSSR count). The van der Waals surface area contributed by atoms with Crippen LogP contribution in [0.25, 0.3) is 10.9 Å². The van der Waals surface area contributed by atoms with Crippen LogP contribution < -0.4 is 15.6 Å². The maximum absolute atomic E-state index is 13.4. The highest BCUT2D eigenvalue weighted by atomic mass is 19.1. The fraction of sp³-hybridized carbons (Fsp3) is 0.211. The van der Waals surface area contributed by atoms with Gasteiger partial charge in [0.05, 0.1) is 18.0 Å². The van der Waals surface area contributed by atoms with Crippen molar-refractivity contribution >= 4 is 16.8 Å². The van der Waals surface area contributed by atoms with Crippen molar-refractivity contribution in [1.82, 2.24) is 14.9 Å². The molecule has 1 heterocycles. The number of amides is 1. The minimum Gasteiger partial charge on any atom is -0.497 e. The van der Waals surface area contributed by atoms with E-state index in [0.29, 0.717) is 22.7 Å². The lowest BCUT2D eigenvalue weighted by Crippen LogP contribution is -2.32. The Morgan fingerprint density at radius 3 is 2.85 bits per heavy atom. The number of methoxy groups -OCH3 is 1. The Bertz CT molecular complexity index is 1030. The van der Waals surface area contributed by atoms with E-state index in [-0.39, 0.29) is 29.9 Å². The van der Waals surface area contributed by atoms with Crippen LogP contribution in [0.2, 0.25) is 0 Å². The Balaban J connectivity index is 1.75. The summed E-state index contributed by atoms with van der Waals surface area (Å²) in [6.07, 6.45) is 0. The van der Waals surface area contributed by atoms with Crippen LogP contribution in [0.3, 0.4) is 0 Å². The van der Waals surface area contributed by atoms with Gasteiger partial charge >= 0.3 is 0 Å². The summed E-state index contributed by atoms with van der Waals surface area (Å²) in [5.74, 6) is 0.336. The summed E-state index contributed by atoms with van der Waals surface area (Å²) in [7, 11) is 1.53. The molecule has 0 unspecified atom stereocenters. The summed E-state index contributed by atoms with van der Waals surface area (Å²) in [5, 5.41) is 2.97. The number of carbonyl (C=O) groups is 1. The smallest absolute Gasteiger partial charge is 0.261 e. The van der Waals surface area contributed by atoms with Gasteiger partial charge in [0, 0.05) is 18.7 Å². The lowest BCUT2D eigenvalue weighted by Gasteiger charge is -2.12. The maximum atomic E-state index is 13.4. The van der Waals surface area contributed by atoms with E-state index in [1.165, 1.54) is 29.9 Å². The zero-order valence-electron chi connectivity index (χ0n) is 14.5. The SMILES string of the molecule is COc1cccc(C(=O)NCCn2c(C)nc3ccc(F)cc3c2=O)c1. The number of fused-ring (bicyclic) bond motifs is 1. The fourth-order valence-corrected chi connectivity index (χ4v) is 2.72. The first-order valence-corrected chi connectivity index (χ1v) is 8.08. The third-order valence-electron chi connectivity index (χ3n) is 4.06. The third-order valence-corrected chi connectivity index (χ3v) is 4.06. The van der Waals surface area contributed by atoms with Gasteiger partial charge in [-0.1, -0.05) is 6.07 Å². The first-order chi connectivity index (χ1) is 12.5. The second-order valence-corrected chi connectivity index (χ2v) is 5.77. The largest absolute Gasteiger partial charge is 0.497 e. The number of halogens is 1. The molecule has 0 aliphatic rings. The molecule has 0 spiro atoms. The van der Waals surface area contributed by atoms with E-state index in [9.17, 15) is 14.0 Å². The van der Waals surface area contributed by atoms with Gasteiger partial charge in [-0.3, -0.25) is 14.2 Å². The van der Waals surface area contributed by atoms with Crippen LogP contribution in [0.5, 0.6) is 5.75 Å². The molecule has 1 N–H and O–H groups in total.